The standard InChI is InChI=1S/C24H24N2O5/c1-2-31-24(30)15-10-12-26(13-11-15)14-20(27)25-19-9-5-8-18-21(19)23(29)17-7-4-3-6-16(17)22(18)28/h3-9,15H,2,10-14H2,1H3,(H,25,27)/p+1. The van der Waals surface area contributed by atoms with Gasteiger partial charge in [-0.1, -0.05) is 36.4 Å². The Hall–Kier alpha value is -3.32. The number of hydrogen-bond donors (Lipinski definition) is 2. The first-order chi connectivity index (χ1) is 15.0. The van der Waals surface area contributed by atoms with Crippen LogP contribution in [0.25, 0.3) is 0 Å². The van der Waals surface area contributed by atoms with Gasteiger partial charge in [0.1, 0.15) is 0 Å². The van der Waals surface area contributed by atoms with Gasteiger partial charge in [0.05, 0.1) is 36.9 Å². The molecule has 1 amide bonds. The van der Waals surface area contributed by atoms with E-state index in [1.165, 1.54) is 0 Å². The summed E-state index contributed by atoms with van der Waals surface area (Å²) in [6.45, 7) is 3.81. The Bertz CT molecular complexity index is 1050. The van der Waals surface area contributed by atoms with Gasteiger partial charge in [-0.05, 0) is 13.0 Å². The molecule has 1 aliphatic heterocycles. The lowest BCUT2D eigenvalue weighted by Gasteiger charge is -2.27. The van der Waals surface area contributed by atoms with Crippen LogP contribution in [0.3, 0.4) is 0 Å². The first-order valence-corrected chi connectivity index (χ1v) is 10.6. The van der Waals surface area contributed by atoms with Gasteiger partial charge in [-0.15, -0.1) is 0 Å². The summed E-state index contributed by atoms with van der Waals surface area (Å²) in [7, 11) is 0. The minimum absolute atomic E-state index is 0.100. The van der Waals surface area contributed by atoms with Crippen LogP contribution in [0.4, 0.5) is 5.69 Å². The number of carbonyl (C=O) groups excluding carboxylic acids is 4. The predicted molar refractivity (Wildman–Crippen MR) is 113 cm³/mol. The fraction of sp³-hybridized carbons (Fsp3) is 0.333. The monoisotopic (exact) mass is 421 g/mol. The Morgan fingerprint density at radius 2 is 1.61 bits per heavy atom. The normalized spacial score (nSPS) is 19.9. The van der Waals surface area contributed by atoms with E-state index in [-0.39, 0.29) is 41.5 Å². The fourth-order valence-corrected chi connectivity index (χ4v) is 4.37. The van der Waals surface area contributed by atoms with Gasteiger partial charge in [-0.25, -0.2) is 0 Å². The van der Waals surface area contributed by atoms with Gasteiger partial charge in [-0.3, -0.25) is 19.2 Å². The first-order valence-electron chi connectivity index (χ1n) is 10.6. The molecule has 1 aliphatic carbocycles. The van der Waals surface area contributed by atoms with Gasteiger partial charge < -0.3 is 15.0 Å². The summed E-state index contributed by atoms with van der Waals surface area (Å²) in [4.78, 5) is 51.5. The third-order valence-electron chi connectivity index (χ3n) is 5.95. The van der Waals surface area contributed by atoms with Crippen molar-refractivity contribution in [2.45, 2.75) is 19.8 Å². The van der Waals surface area contributed by atoms with E-state index < -0.39 is 0 Å². The van der Waals surface area contributed by atoms with E-state index >= 15 is 0 Å². The lowest BCUT2D eigenvalue weighted by Crippen LogP contribution is -3.14. The molecule has 2 N–H and O–H groups in total. The number of ether oxygens (including phenoxy) is 1. The number of hydrogen-bond acceptors (Lipinski definition) is 5. The first kappa shape index (κ1) is 20.9. The molecule has 0 radical (unpaired) electrons. The zero-order valence-electron chi connectivity index (χ0n) is 17.4. The van der Waals surface area contributed by atoms with Crippen molar-refractivity contribution < 1.29 is 28.8 Å². The molecule has 0 saturated carbocycles. The number of likely N-dealkylation sites (tertiary alicyclic amines) is 1. The maximum Gasteiger partial charge on any atom is 0.309 e. The molecule has 0 atom stereocenters. The van der Waals surface area contributed by atoms with Crippen LogP contribution < -0.4 is 10.2 Å². The molecule has 7 nitrogen and oxygen atoms in total. The lowest BCUT2D eigenvalue weighted by atomic mass is 9.83. The van der Waals surface area contributed by atoms with Crippen molar-refractivity contribution in [1.29, 1.82) is 0 Å². The van der Waals surface area contributed by atoms with Crippen molar-refractivity contribution in [3.8, 4) is 0 Å². The highest BCUT2D eigenvalue weighted by Crippen LogP contribution is 2.31. The number of piperidine rings is 1. The average Bonchev–Trinajstić information content (AvgIpc) is 2.78. The molecule has 1 fully saturated rings. The predicted octanol–water partition coefficient (Wildman–Crippen LogP) is 1.26. The van der Waals surface area contributed by atoms with E-state index in [4.69, 9.17) is 4.74 Å². The molecule has 160 valence electrons. The summed E-state index contributed by atoms with van der Waals surface area (Å²) >= 11 is 0. The quantitative estimate of drug-likeness (QED) is 0.605. The third kappa shape index (κ3) is 4.14. The molecular weight excluding hydrogens is 396 g/mol. The summed E-state index contributed by atoms with van der Waals surface area (Å²) in [6, 6.07) is 11.7. The van der Waals surface area contributed by atoms with Crippen LogP contribution in [0.2, 0.25) is 0 Å². The summed E-state index contributed by atoms with van der Waals surface area (Å²) in [5.41, 5.74) is 1.65. The molecular formula is C24H25N2O5+. The van der Waals surface area contributed by atoms with Crippen LogP contribution in [0.15, 0.2) is 42.5 Å². The van der Waals surface area contributed by atoms with E-state index in [1.807, 2.05) is 0 Å². The highest BCUT2D eigenvalue weighted by molar-refractivity contribution is 6.30. The van der Waals surface area contributed by atoms with Gasteiger partial charge in [0.25, 0.3) is 5.91 Å². The van der Waals surface area contributed by atoms with Gasteiger partial charge in [0.15, 0.2) is 18.1 Å². The Morgan fingerprint density at radius 1 is 0.968 bits per heavy atom. The molecule has 31 heavy (non-hydrogen) atoms. The second-order valence-electron chi connectivity index (χ2n) is 7.93. The minimum Gasteiger partial charge on any atom is -0.466 e. The Labute approximate surface area is 180 Å². The number of fused-ring (bicyclic) bond motifs is 2. The summed E-state index contributed by atoms with van der Waals surface area (Å²) in [6.07, 6.45) is 1.37. The second kappa shape index (κ2) is 8.81. The summed E-state index contributed by atoms with van der Waals surface area (Å²) in [5, 5.41) is 2.83. The second-order valence-corrected chi connectivity index (χ2v) is 7.93. The third-order valence-corrected chi connectivity index (χ3v) is 5.95. The van der Waals surface area contributed by atoms with Crippen LogP contribution in [0.5, 0.6) is 0 Å². The maximum absolute atomic E-state index is 13.0. The Kier molecular flexibility index (Phi) is 5.95. The molecule has 1 heterocycles. The van der Waals surface area contributed by atoms with E-state index in [1.54, 1.807) is 49.4 Å². The molecule has 1 saturated heterocycles. The number of carbonyl (C=O) groups is 4. The van der Waals surface area contributed by atoms with Gasteiger partial charge >= 0.3 is 5.97 Å². The Balaban J connectivity index is 1.44. The van der Waals surface area contributed by atoms with Crippen molar-refractivity contribution in [1.82, 2.24) is 0 Å². The zero-order valence-corrected chi connectivity index (χ0v) is 17.4. The van der Waals surface area contributed by atoms with Crippen LogP contribution in [0.1, 0.15) is 51.6 Å². The number of anilines is 1. The molecule has 2 aromatic rings. The van der Waals surface area contributed by atoms with Crippen molar-refractivity contribution >= 4 is 29.1 Å². The number of rotatable bonds is 5. The molecule has 0 spiro atoms. The zero-order chi connectivity index (χ0) is 22.0. The highest BCUT2D eigenvalue weighted by Gasteiger charge is 2.33. The number of nitrogens with one attached hydrogen (secondary N) is 2. The van der Waals surface area contributed by atoms with E-state index in [0.29, 0.717) is 54.9 Å². The molecule has 0 bridgehead atoms. The van der Waals surface area contributed by atoms with Crippen LogP contribution in [0, 0.1) is 5.92 Å². The molecule has 7 heteroatoms. The Morgan fingerprint density at radius 3 is 2.29 bits per heavy atom. The average molecular weight is 421 g/mol. The van der Waals surface area contributed by atoms with Gasteiger partial charge in [0.2, 0.25) is 0 Å². The summed E-state index contributed by atoms with van der Waals surface area (Å²) in [5.74, 6) is -0.962. The molecule has 0 aromatic heterocycles. The van der Waals surface area contributed by atoms with Crippen molar-refractivity contribution in [2.75, 3.05) is 31.6 Å². The largest absolute Gasteiger partial charge is 0.466 e. The number of ketones is 2. The SMILES string of the molecule is CCOC(=O)C1CC[NH+](CC(=O)Nc2cccc3c2C(=O)c2ccccc2C3=O)CC1. The van der Waals surface area contributed by atoms with Gasteiger partial charge in [0, 0.05) is 29.5 Å². The lowest BCUT2D eigenvalue weighted by molar-refractivity contribution is -0.897. The van der Waals surface area contributed by atoms with E-state index in [0.717, 1.165) is 4.90 Å². The van der Waals surface area contributed by atoms with Crippen LogP contribution in [-0.4, -0.2) is 49.7 Å². The molecule has 0 unspecified atom stereocenters. The highest BCUT2D eigenvalue weighted by atomic mass is 16.5. The number of quaternary nitrogens is 1. The number of benzene rings is 2. The summed E-state index contributed by atoms with van der Waals surface area (Å²) < 4.78 is 5.09. The fourth-order valence-electron chi connectivity index (χ4n) is 4.37. The van der Waals surface area contributed by atoms with Crippen molar-refractivity contribution in [2.24, 2.45) is 5.92 Å². The van der Waals surface area contributed by atoms with E-state index in [9.17, 15) is 19.2 Å². The van der Waals surface area contributed by atoms with E-state index in [2.05, 4.69) is 5.32 Å². The van der Waals surface area contributed by atoms with Crippen LogP contribution in [-0.2, 0) is 14.3 Å². The minimum atomic E-state index is -0.260. The van der Waals surface area contributed by atoms with Crippen LogP contribution >= 0.6 is 0 Å². The molecule has 2 aliphatic rings. The smallest absolute Gasteiger partial charge is 0.309 e. The molecule has 4 rings (SSSR count). The van der Waals surface area contributed by atoms with Crippen molar-refractivity contribution in [3.05, 3.63) is 64.7 Å². The van der Waals surface area contributed by atoms with Crippen molar-refractivity contribution in [3.63, 3.8) is 0 Å². The topological polar surface area (TPSA) is 94.0 Å². The number of amides is 1. The van der Waals surface area contributed by atoms with Gasteiger partial charge in [-0.2, -0.15) is 0 Å². The molecule has 2 aromatic carbocycles. The maximum atomic E-state index is 13.0. The number of esters is 1.